The molecule has 3 rings (SSSR count). The third-order valence-electron chi connectivity index (χ3n) is 4.17. The Morgan fingerprint density at radius 3 is 2.50 bits per heavy atom. The van der Waals surface area contributed by atoms with E-state index >= 15 is 0 Å². The molecular formula is C19H18ClN3O3. The summed E-state index contributed by atoms with van der Waals surface area (Å²) in [7, 11) is 0. The second-order valence-electron chi connectivity index (χ2n) is 6.08. The fourth-order valence-corrected chi connectivity index (χ4v) is 2.96. The highest BCUT2D eigenvalue weighted by atomic mass is 35.5. The summed E-state index contributed by atoms with van der Waals surface area (Å²) in [6.07, 6.45) is 0. The maximum atomic E-state index is 12.9. The molecule has 0 saturated carbocycles. The van der Waals surface area contributed by atoms with E-state index in [4.69, 9.17) is 11.6 Å². The molecule has 134 valence electrons. The fraction of sp³-hybridized carbons (Fsp3) is 0.158. The molecule has 1 aliphatic rings. The minimum atomic E-state index is -0.634. The molecule has 0 bridgehead atoms. The van der Waals surface area contributed by atoms with Crippen LogP contribution in [0.4, 0.5) is 10.5 Å². The number of halogens is 1. The van der Waals surface area contributed by atoms with Gasteiger partial charge in [0, 0.05) is 16.4 Å². The number of benzene rings is 2. The van der Waals surface area contributed by atoms with E-state index in [1.54, 1.807) is 31.2 Å². The Kier molecular flexibility index (Phi) is 4.86. The molecule has 0 saturated heterocycles. The average Bonchev–Trinajstić information content (AvgIpc) is 2.58. The Morgan fingerprint density at radius 1 is 1.15 bits per heavy atom. The van der Waals surface area contributed by atoms with E-state index < -0.39 is 12.1 Å². The number of phenolic OH excluding ortho intramolecular Hbond substituents is 1. The number of hydrogen-bond donors (Lipinski definition) is 4. The summed E-state index contributed by atoms with van der Waals surface area (Å²) in [4.78, 5) is 24.8. The van der Waals surface area contributed by atoms with Crippen molar-refractivity contribution in [2.24, 2.45) is 0 Å². The average molecular weight is 372 g/mol. The number of amides is 3. The van der Waals surface area contributed by atoms with Gasteiger partial charge in [-0.3, -0.25) is 4.79 Å². The molecule has 1 aliphatic heterocycles. The second kappa shape index (κ2) is 7.09. The number of carbonyl (C=O) groups is 2. The van der Waals surface area contributed by atoms with Crippen molar-refractivity contribution in [2.45, 2.75) is 19.9 Å². The Labute approximate surface area is 155 Å². The number of hydrogen-bond acceptors (Lipinski definition) is 3. The largest absolute Gasteiger partial charge is 0.508 e. The summed E-state index contributed by atoms with van der Waals surface area (Å²) >= 11 is 6.11. The maximum absolute atomic E-state index is 12.9. The molecule has 6 nitrogen and oxygen atoms in total. The first kappa shape index (κ1) is 17.8. The summed E-state index contributed by atoms with van der Waals surface area (Å²) in [6, 6.07) is 10.6. The highest BCUT2D eigenvalue weighted by Crippen LogP contribution is 2.29. The van der Waals surface area contributed by atoms with Crippen LogP contribution in [-0.4, -0.2) is 17.0 Å². The number of carbonyl (C=O) groups excluding carboxylic acids is 2. The van der Waals surface area contributed by atoms with Crippen molar-refractivity contribution in [1.82, 2.24) is 10.6 Å². The monoisotopic (exact) mass is 371 g/mol. The molecule has 0 aromatic heterocycles. The molecule has 7 heteroatoms. The highest BCUT2D eigenvalue weighted by Gasteiger charge is 2.31. The SMILES string of the molecule is CC1=C(C(=O)Nc2ccc(C)c(Cl)c2)[C@@H](c2ccc(O)cc2)NC(=O)N1. The first-order valence-electron chi connectivity index (χ1n) is 8.00. The molecule has 1 heterocycles. The molecule has 0 aliphatic carbocycles. The van der Waals surface area contributed by atoms with Crippen molar-refractivity contribution >= 4 is 29.2 Å². The van der Waals surface area contributed by atoms with Crippen molar-refractivity contribution in [3.63, 3.8) is 0 Å². The van der Waals surface area contributed by atoms with Gasteiger partial charge in [0.15, 0.2) is 0 Å². The number of allylic oxidation sites excluding steroid dienone is 1. The van der Waals surface area contributed by atoms with Gasteiger partial charge >= 0.3 is 6.03 Å². The topological polar surface area (TPSA) is 90.5 Å². The molecule has 2 aromatic rings. The number of anilines is 1. The van der Waals surface area contributed by atoms with Crippen molar-refractivity contribution in [3.8, 4) is 5.75 Å². The third-order valence-corrected chi connectivity index (χ3v) is 4.58. The molecule has 1 atom stereocenters. The van der Waals surface area contributed by atoms with Crippen LogP contribution in [0.15, 0.2) is 53.7 Å². The molecule has 26 heavy (non-hydrogen) atoms. The van der Waals surface area contributed by atoms with Gasteiger partial charge in [-0.05, 0) is 49.2 Å². The minimum Gasteiger partial charge on any atom is -0.508 e. The third kappa shape index (κ3) is 3.65. The van der Waals surface area contributed by atoms with Crippen LogP contribution in [0, 0.1) is 6.92 Å². The molecule has 4 N–H and O–H groups in total. The molecule has 0 fully saturated rings. The zero-order valence-electron chi connectivity index (χ0n) is 14.3. The zero-order valence-corrected chi connectivity index (χ0v) is 15.0. The lowest BCUT2D eigenvalue weighted by Gasteiger charge is -2.28. The second-order valence-corrected chi connectivity index (χ2v) is 6.49. The van der Waals surface area contributed by atoms with Crippen molar-refractivity contribution < 1.29 is 14.7 Å². The van der Waals surface area contributed by atoms with Gasteiger partial charge in [0.05, 0.1) is 11.6 Å². The van der Waals surface area contributed by atoms with Gasteiger partial charge in [-0.2, -0.15) is 0 Å². The van der Waals surface area contributed by atoms with Gasteiger partial charge in [-0.15, -0.1) is 0 Å². The van der Waals surface area contributed by atoms with Crippen LogP contribution in [0.1, 0.15) is 24.1 Å². The molecule has 3 amide bonds. The van der Waals surface area contributed by atoms with Crippen LogP contribution in [-0.2, 0) is 4.79 Å². The Morgan fingerprint density at radius 2 is 1.85 bits per heavy atom. The first-order chi connectivity index (χ1) is 12.3. The molecule has 2 aromatic carbocycles. The van der Waals surface area contributed by atoms with E-state index in [0.29, 0.717) is 27.5 Å². The molecular weight excluding hydrogens is 354 g/mol. The number of aryl methyl sites for hydroxylation is 1. The summed E-state index contributed by atoms with van der Waals surface area (Å²) in [5.41, 5.74) is 3.00. The van der Waals surface area contributed by atoms with Crippen LogP contribution >= 0.6 is 11.6 Å². The van der Waals surface area contributed by atoms with Crippen LogP contribution in [0.25, 0.3) is 0 Å². The molecule has 0 radical (unpaired) electrons. The predicted molar refractivity (Wildman–Crippen MR) is 100 cm³/mol. The summed E-state index contributed by atoms with van der Waals surface area (Å²) in [5.74, 6) is -0.247. The Bertz CT molecular complexity index is 907. The fourth-order valence-electron chi connectivity index (χ4n) is 2.78. The van der Waals surface area contributed by atoms with Crippen molar-refractivity contribution in [3.05, 3.63) is 69.9 Å². The minimum absolute atomic E-state index is 0.106. The standard InChI is InChI=1S/C19H18ClN3O3/c1-10-3-6-13(9-15(10)20)22-18(25)16-11(2)21-19(26)23-17(16)12-4-7-14(24)8-5-12/h3-9,17,24H,1-2H3,(H,22,25)(H2,21,23,26)/t17-/m1/s1. The number of urea groups is 1. The summed E-state index contributed by atoms with van der Waals surface area (Å²) < 4.78 is 0. The van der Waals surface area contributed by atoms with Gasteiger partial charge in [-0.25, -0.2) is 4.79 Å². The predicted octanol–water partition coefficient (Wildman–Crippen LogP) is 3.62. The van der Waals surface area contributed by atoms with Crippen LogP contribution < -0.4 is 16.0 Å². The quantitative estimate of drug-likeness (QED) is 0.664. The number of aromatic hydroxyl groups is 1. The number of phenols is 1. The van der Waals surface area contributed by atoms with Crippen LogP contribution in [0.3, 0.4) is 0 Å². The van der Waals surface area contributed by atoms with Crippen LogP contribution in [0.5, 0.6) is 5.75 Å². The van der Waals surface area contributed by atoms with Gasteiger partial charge in [-0.1, -0.05) is 29.8 Å². The van der Waals surface area contributed by atoms with E-state index in [0.717, 1.165) is 5.56 Å². The van der Waals surface area contributed by atoms with E-state index in [9.17, 15) is 14.7 Å². The normalized spacial score (nSPS) is 16.7. The van der Waals surface area contributed by atoms with Crippen molar-refractivity contribution in [2.75, 3.05) is 5.32 Å². The maximum Gasteiger partial charge on any atom is 0.319 e. The highest BCUT2D eigenvalue weighted by molar-refractivity contribution is 6.31. The van der Waals surface area contributed by atoms with E-state index in [-0.39, 0.29) is 11.7 Å². The van der Waals surface area contributed by atoms with E-state index in [1.165, 1.54) is 12.1 Å². The van der Waals surface area contributed by atoms with E-state index in [1.807, 2.05) is 13.0 Å². The smallest absolute Gasteiger partial charge is 0.319 e. The molecule has 0 unspecified atom stereocenters. The van der Waals surface area contributed by atoms with Gasteiger partial charge in [0.1, 0.15) is 5.75 Å². The first-order valence-corrected chi connectivity index (χ1v) is 8.37. The Balaban J connectivity index is 1.93. The molecule has 0 spiro atoms. The van der Waals surface area contributed by atoms with Gasteiger partial charge < -0.3 is 21.1 Å². The van der Waals surface area contributed by atoms with Crippen LogP contribution in [0.2, 0.25) is 5.02 Å². The van der Waals surface area contributed by atoms with Gasteiger partial charge in [0.2, 0.25) is 0 Å². The number of nitrogens with one attached hydrogen (secondary N) is 3. The van der Waals surface area contributed by atoms with Gasteiger partial charge in [0.25, 0.3) is 5.91 Å². The summed E-state index contributed by atoms with van der Waals surface area (Å²) in [6.45, 7) is 3.55. The lowest BCUT2D eigenvalue weighted by molar-refractivity contribution is -0.113. The lowest BCUT2D eigenvalue weighted by Crippen LogP contribution is -2.45. The number of rotatable bonds is 3. The van der Waals surface area contributed by atoms with Crippen molar-refractivity contribution in [1.29, 1.82) is 0 Å². The van der Waals surface area contributed by atoms with E-state index in [2.05, 4.69) is 16.0 Å². The summed E-state index contributed by atoms with van der Waals surface area (Å²) in [5, 5.41) is 18.2. The Hall–Kier alpha value is -2.99. The lowest BCUT2D eigenvalue weighted by atomic mass is 9.94. The zero-order chi connectivity index (χ0) is 18.8.